The van der Waals surface area contributed by atoms with Crippen LogP contribution in [0.2, 0.25) is 0 Å². The van der Waals surface area contributed by atoms with Crippen molar-refractivity contribution < 1.29 is 14.3 Å². The van der Waals surface area contributed by atoms with Crippen LogP contribution >= 0.6 is 0 Å². The van der Waals surface area contributed by atoms with Crippen LogP contribution in [0.25, 0.3) is 0 Å². The second-order valence-electron chi connectivity index (χ2n) is 14.6. The van der Waals surface area contributed by atoms with Crippen molar-refractivity contribution in [1.29, 1.82) is 0 Å². The molecule has 6 rings (SSSR count). The number of carbonyl (C=O) groups excluding carboxylic acids is 1. The average Bonchev–Trinajstić information content (AvgIpc) is 3.62. The van der Waals surface area contributed by atoms with E-state index in [4.69, 9.17) is 9.47 Å². The highest BCUT2D eigenvalue weighted by Crippen LogP contribution is 2.32. The zero-order valence-electron chi connectivity index (χ0n) is 26.5. The molecule has 6 atom stereocenters. The van der Waals surface area contributed by atoms with Crippen molar-refractivity contribution in [3.63, 3.8) is 0 Å². The van der Waals surface area contributed by atoms with Gasteiger partial charge in [0.25, 0.3) is 0 Å². The van der Waals surface area contributed by atoms with E-state index in [2.05, 4.69) is 61.6 Å². The molecular formula is C31H59N5O3. The molecule has 0 aliphatic carbocycles. The van der Waals surface area contributed by atoms with Gasteiger partial charge in [-0.3, -0.25) is 19.6 Å². The van der Waals surface area contributed by atoms with Gasteiger partial charge in [-0.1, -0.05) is 0 Å². The molecule has 1 amide bonds. The summed E-state index contributed by atoms with van der Waals surface area (Å²) in [6.07, 6.45) is 6.74. The van der Waals surface area contributed by atoms with Crippen molar-refractivity contribution >= 4 is 6.09 Å². The molecule has 39 heavy (non-hydrogen) atoms. The summed E-state index contributed by atoms with van der Waals surface area (Å²) >= 11 is 0. The van der Waals surface area contributed by atoms with E-state index in [1.54, 1.807) is 0 Å². The molecule has 0 aromatic rings. The standard InChI is InChI=1S/C14H26N2O2.C9H18N2.C8H15NO/c1-10(2)15-8-11-6-7-12(9-15)16(11)13(17)18-14(3,4)5;1-7(2)11-5-8-3-4-9(6-11)10-8;1-6(2)9-4-8-3-7(9)5-10-8/h10-12H,6-9H2,1-5H3;7-10H,3-6H2,1-2H3;6-8H,3-5H2,1-2H3. The smallest absolute Gasteiger partial charge is 0.410 e. The Bertz CT molecular complexity index is 774. The summed E-state index contributed by atoms with van der Waals surface area (Å²) in [5.41, 5.74) is -0.397. The minimum atomic E-state index is -0.397. The number of hydrogen-bond acceptors (Lipinski definition) is 7. The average molecular weight is 550 g/mol. The Hall–Kier alpha value is -0.930. The van der Waals surface area contributed by atoms with E-state index >= 15 is 0 Å². The molecule has 6 heterocycles. The fraction of sp³-hybridized carbons (Fsp3) is 0.968. The zero-order chi connectivity index (χ0) is 28.5. The van der Waals surface area contributed by atoms with Gasteiger partial charge in [-0.25, -0.2) is 4.79 Å². The second-order valence-corrected chi connectivity index (χ2v) is 14.6. The van der Waals surface area contributed by atoms with Gasteiger partial charge in [-0.05, 0) is 94.4 Å². The van der Waals surface area contributed by atoms with Crippen LogP contribution in [0.15, 0.2) is 0 Å². The minimum Gasteiger partial charge on any atom is -0.444 e. The number of piperazine rings is 2. The maximum Gasteiger partial charge on any atom is 0.410 e. The summed E-state index contributed by atoms with van der Waals surface area (Å²) in [5, 5.41) is 3.63. The molecular weight excluding hydrogens is 490 g/mol. The summed E-state index contributed by atoms with van der Waals surface area (Å²) in [7, 11) is 0. The van der Waals surface area contributed by atoms with E-state index < -0.39 is 5.60 Å². The normalized spacial score (nSPS) is 34.4. The molecule has 0 aromatic carbocycles. The van der Waals surface area contributed by atoms with Crippen molar-refractivity contribution in [1.82, 2.24) is 24.9 Å². The maximum absolute atomic E-state index is 12.2. The first kappa shape index (κ1) is 31.0. The van der Waals surface area contributed by atoms with Gasteiger partial charge in [0.1, 0.15) is 5.60 Å². The van der Waals surface area contributed by atoms with E-state index in [9.17, 15) is 4.79 Å². The molecule has 8 nitrogen and oxygen atoms in total. The topological polar surface area (TPSA) is 60.5 Å². The summed E-state index contributed by atoms with van der Waals surface area (Å²) in [6, 6.07) is 5.05. The Labute approximate surface area is 239 Å². The molecule has 6 aliphatic heterocycles. The van der Waals surface area contributed by atoms with Crippen molar-refractivity contribution in [2.24, 2.45) is 0 Å². The van der Waals surface area contributed by atoms with Crippen LogP contribution < -0.4 is 5.32 Å². The van der Waals surface area contributed by atoms with Gasteiger partial charge in [-0.15, -0.1) is 0 Å². The highest BCUT2D eigenvalue weighted by molar-refractivity contribution is 5.69. The summed E-state index contributed by atoms with van der Waals surface area (Å²) < 4.78 is 11.0. The van der Waals surface area contributed by atoms with Gasteiger partial charge < -0.3 is 14.8 Å². The number of hydrogen-bond donors (Lipinski definition) is 1. The van der Waals surface area contributed by atoms with E-state index in [1.165, 1.54) is 38.9 Å². The molecule has 0 spiro atoms. The first-order valence-electron chi connectivity index (χ1n) is 15.9. The number of likely N-dealkylation sites (tertiary alicyclic amines) is 3. The lowest BCUT2D eigenvalue weighted by Gasteiger charge is -2.42. The molecule has 6 unspecified atom stereocenters. The number of carbonyl (C=O) groups is 1. The van der Waals surface area contributed by atoms with E-state index in [0.717, 1.165) is 56.7 Å². The Morgan fingerprint density at radius 1 is 0.769 bits per heavy atom. The highest BCUT2D eigenvalue weighted by atomic mass is 16.6. The third-order valence-electron chi connectivity index (χ3n) is 9.43. The molecule has 1 N–H and O–H groups in total. The number of amides is 1. The molecule has 6 fully saturated rings. The molecule has 6 saturated heterocycles. The summed E-state index contributed by atoms with van der Waals surface area (Å²) in [5.74, 6) is 0. The van der Waals surface area contributed by atoms with Crippen LogP contribution in [-0.4, -0.2) is 125 Å². The lowest BCUT2D eigenvalue weighted by Crippen LogP contribution is -2.58. The quantitative estimate of drug-likeness (QED) is 0.567. The fourth-order valence-electron chi connectivity index (χ4n) is 7.28. The summed E-state index contributed by atoms with van der Waals surface area (Å²) in [4.78, 5) is 21.8. The van der Waals surface area contributed by atoms with Crippen LogP contribution in [0.1, 0.15) is 94.4 Å². The second kappa shape index (κ2) is 12.9. The first-order chi connectivity index (χ1) is 18.3. The molecule has 0 radical (unpaired) electrons. The van der Waals surface area contributed by atoms with Crippen LogP contribution in [0.3, 0.4) is 0 Å². The number of rotatable bonds is 3. The van der Waals surface area contributed by atoms with Crippen LogP contribution in [-0.2, 0) is 9.47 Å². The van der Waals surface area contributed by atoms with Gasteiger partial charge in [0.2, 0.25) is 0 Å². The molecule has 0 saturated carbocycles. The van der Waals surface area contributed by atoms with Gasteiger partial charge in [0.15, 0.2) is 0 Å². The van der Waals surface area contributed by atoms with Crippen LogP contribution in [0.5, 0.6) is 0 Å². The number of ether oxygens (including phenoxy) is 2. The van der Waals surface area contributed by atoms with Gasteiger partial charge >= 0.3 is 6.09 Å². The van der Waals surface area contributed by atoms with Crippen molar-refractivity contribution in [2.45, 2.75) is 154 Å². The number of morpholine rings is 1. The number of fused-ring (bicyclic) bond motifs is 6. The van der Waals surface area contributed by atoms with Gasteiger partial charge in [0, 0.05) is 81.1 Å². The predicted molar refractivity (Wildman–Crippen MR) is 158 cm³/mol. The lowest BCUT2D eigenvalue weighted by atomic mass is 10.1. The predicted octanol–water partition coefficient (Wildman–Crippen LogP) is 4.18. The lowest BCUT2D eigenvalue weighted by molar-refractivity contribution is -0.00865. The molecule has 6 bridgehead atoms. The van der Waals surface area contributed by atoms with E-state index in [1.807, 2.05) is 25.7 Å². The largest absolute Gasteiger partial charge is 0.444 e. The highest BCUT2D eigenvalue weighted by Gasteiger charge is 2.44. The van der Waals surface area contributed by atoms with Crippen molar-refractivity contribution in [3.05, 3.63) is 0 Å². The number of nitrogens with one attached hydrogen (secondary N) is 1. The van der Waals surface area contributed by atoms with Gasteiger partial charge in [0.05, 0.1) is 12.7 Å². The number of nitrogens with zero attached hydrogens (tertiary/aromatic N) is 4. The Morgan fingerprint density at radius 2 is 1.31 bits per heavy atom. The molecule has 6 aliphatic rings. The minimum absolute atomic E-state index is 0.126. The Kier molecular flexibility index (Phi) is 10.3. The van der Waals surface area contributed by atoms with Gasteiger partial charge in [-0.2, -0.15) is 0 Å². The first-order valence-corrected chi connectivity index (χ1v) is 15.9. The third-order valence-corrected chi connectivity index (χ3v) is 9.43. The van der Waals surface area contributed by atoms with Crippen molar-refractivity contribution in [2.75, 3.05) is 39.3 Å². The molecule has 8 heteroatoms. The fourth-order valence-corrected chi connectivity index (χ4v) is 7.28. The SMILES string of the molecule is CC(C)N1CC2CC1CO2.CC(C)N1CC2CCC(C1)N2.CC(C)N1CC2CCC(C1)N2C(=O)OC(C)(C)C. The third kappa shape index (κ3) is 8.09. The van der Waals surface area contributed by atoms with E-state index in [0.29, 0.717) is 30.3 Å². The van der Waals surface area contributed by atoms with E-state index in [-0.39, 0.29) is 6.09 Å². The van der Waals surface area contributed by atoms with Crippen molar-refractivity contribution in [3.8, 4) is 0 Å². The maximum atomic E-state index is 12.2. The van der Waals surface area contributed by atoms with Crippen LogP contribution in [0.4, 0.5) is 4.79 Å². The molecule has 0 aromatic heterocycles. The Morgan fingerprint density at radius 3 is 1.69 bits per heavy atom. The zero-order valence-corrected chi connectivity index (χ0v) is 26.5. The molecule has 226 valence electrons. The Balaban J connectivity index is 0.000000144. The van der Waals surface area contributed by atoms with Crippen LogP contribution in [0, 0.1) is 0 Å². The summed E-state index contributed by atoms with van der Waals surface area (Å²) in [6.45, 7) is 26.0. The monoisotopic (exact) mass is 549 g/mol.